The minimum atomic E-state index is -0.804. The highest BCUT2D eigenvalue weighted by molar-refractivity contribution is 5.71. The van der Waals surface area contributed by atoms with Crippen LogP contribution in [0.5, 0.6) is 0 Å². The van der Waals surface area contributed by atoms with Gasteiger partial charge in [0.2, 0.25) is 0 Å². The van der Waals surface area contributed by atoms with Crippen molar-refractivity contribution >= 4 is 17.9 Å². The summed E-state index contributed by atoms with van der Waals surface area (Å²) >= 11 is 0. The molecule has 0 bridgehead atoms. The van der Waals surface area contributed by atoms with Gasteiger partial charge in [-0.2, -0.15) is 0 Å². The van der Waals surface area contributed by atoms with Crippen molar-refractivity contribution in [3.8, 4) is 0 Å². The quantitative estimate of drug-likeness (QED) is 0.0267. The van der Waals surface area contributed by atoms with Crippen LogP contribution in [-0.2, 0) is 28.6 Å². The van der Waals surface area contributed by atoms with E-state index in [0.717, 1.165) is 89.9 Å². The normalized spacial score (nSPS) is 12.6. The molecule has 0 aliphatic rings. The highest BCUT2D eigenvalue weighted by atomic mass is 16.6. The van der Waals surface area contributed by atoms with Gasteiger partial charge >= 0.3 is 17.9 Å². The molecular weight excluding hydrogens is 685 g/mol. The Morgan fingerprint density at radius 2 is 0.745 bits per heavy atom. The standard InChI is InChI=1S/C49H84O6/c1-4-7-10-13-16-19-22-25-28-30-33-36-39-42-48(51)54-45-46(55-49(52)43-40-37-34-31-27-24-21-18-15-12-9-6-3)44-53-47(50)41-38-35-32-29-26-23-20-17-14-11-8-5-2/h9,12,17-18,20-21,25,28,33,36,46H,4-8,10-11,13-16,19,22-24,26-27,29-32,34-35,37-45H2,1-3H3/b12-9-,20-17-,21-18-,28-25-,36-33-. The van der Waals surface area contributed by atoms with E-state index in [9.17, 15) is 14.4 Å². The number of hydrogen-bond donors (Lipinski definition) is 0. The molecule has 0 spiro atoms. The first kappa shape index (κ1) is 52.1. The predicted octanol–water partition coefficient (Wildman–Crippen LogP) is 14.5. The Morgan fingerprint density at radius 3 is 1.25 bits per heavy atom. The van der Waals surface area contributed by atoms with E-state index < -0.39 is 6.10 Å². The van der Waals surface area contributed by atoms with Crippen LogP contribution in [0.1, 0.15) is 213 Å². The van der Waals surface area contributed by atoms with Gasteiger partial charge in [-0.05, 0) is 89.9 Å². The van der Waals surface area contributed by atoms with E-state index in [4.69, 9.17) is 14.2 Å². The average molecular weight is 769 g/mol. The molecule has 0 aromatic heterocycles. The Morgan fingerprint density at radius 1 is 0.382 bits per heavy atom. The lowest BCUT2D eigenvalue weighted by Gasteiger charge is -2.18. The highest BCUT2D eigenvalue weighted by Gasteiger charge is 2.19. The maximum atomic E-state index is 12.7. The largest absolute Gasteiger partial charge is 0.462 e. The zero-order chi connectivity index (χ0) is 40.1. The molecule has 0 heterocycles. The van der Waals surface area contributed by atoms with Crippen molar-refractivity contribution < 1.29 is 28.6 Å². The van der Waals surface area contributed by atoms with E-state index in [2.05, 4.69) is 75.5 Å². The smallest absolute Gasteiger partial charge is 0.306 e. The SMILES string of the molecule is CC/C=C\C/C=C\CCCCCCCC(=O)OC(COC(=O)CC/C=C\C/C=C\CCCCCCCC)COC(=O)CCCCCCC/C=C\CCCCC. The molecule has 0 saturated heterocycles. The van der Waals surface area contributed by atoms with Gasteiger partial charge in [-0.3, -0.25) is 14.4 Å². The summed E-state index contributed by atoms with van der Waals surface area (Å²) in [5.41, 5.74) is 0. The zero-order valence-electron chi connectivity index (χ0n) is 35.9. The summed E-state index contributed by atoms with van der Waals surface area (Å²) in [6.07, 6.45) is 52.1. The third-order valence-electron chi connectivity index (χ3n) is 9.49. The van der Waals surface area contributed by atoms with Gasteiger partial charge in [-0.25, -0.2) is 0 Å². The van der Waals surface area contributed by atoms with Crippen molar-refractivity contribution in [3.63, 3.8) is 0 Å². The molecule has 55 heavy (non-hydrogen) atoms. The van der Waals surface area contributed by atoms with Gasteiger partial charge in [0.1, 0.15) is 13.2 Å². The number of esters is 3. The first-order valence-electron chi connectivity index (χ1n) is 22.8. The molecule has 0 aliphatic heterocycles. The molecule has 1 atom stereocenters. The second kappa shape index (κ2) is 43.8. The molecule has 0 amide bonds. The fourth-order valence-electron chi connectivity index (χ4n) is 6.05. The van der Waals surface area contributed by atoms with Gasteiger partial charge in [0.15, 0.2) is 6.10 Å². The molecule has 1 unspecified atom stereocenters. The number of carbonyl (C=O) groups excluding carboxylic acids is 3. The fourth-order valence-corrected chi connectivity index (χ4v) is 6.05. The average Bonchev–Trinajstić information content (AvgIpc) is 3.18. The summed E-state index contributed by atoms with van der Waals surface area (Å²) in [6.45, 7) is 6.40. The van der Waals surface area contributed by atoms with Crippen LogP contribution in [-0.4, -0.2) is 37.2 Å². The highest BCUT2D eigenvalue weighted by Crippen LogP contribution is 2.12. The van der Waals surface area contributed by atoms with Crippen LogP contribution in [0.3, 0.4) is 0 Å². The van der Waals surface area contributed by atoms with Crippen molar-refractivity contribution in [2.24, 2.45) is 0 Å². The fraction of sp³-hybridized carbons (Fsp3) is 0.735. The zero-order valence-corrected chi connectivity index (χ0v) is 35.9. The van der Waals surface area contributed by atoms with Gasteiger partial charge in [-0.15, -0.1) is 0 Å². The molecule has 316 valence electrons. The summed E-state index contributed by atoms with van der Waals surface area (Å²) in [5, 5.41) is 0. The molecule has 6 nitrogen and oxygen atoms in total. The van der Waals surface area contributed by atoms with E-state index in [1.165, 1.54) is 77.0 Å². The summed E-state index contributed by atoms with van der Waals surface area (Å²) in [7, 11) is 0. The van der Waals surface area contributed by atoms with Gasteiger partial charge in [0.05, 0.1) is 0 Å². The maximum absolute atomic E-state index is 12.7. The third-order valence-corrected chi connectivity index (χ3v) is 9.49. The number of hydrogen-bond acceptors (Lipinski definition) is 6. The Labute approximate surface area is 339 Å². The first-order chi connectivity index (χ1) is 27.0. The van der Waals surface area contributed by atoms with Crippen molar-refractivity contribution in [1.29, 1.82) is 0 Å². The summed E-state index contributed by atoms with van der Waals surface area (Å²) in [5.74, 6) is -1.00. The lowest BCUT2D eigenvalue weighted by Crippen LogP contribution is -2.30. The second-order valence-corrected chi connectivity index (χ2v) is 14.9. The van der Waals surface area contributed by atoms with Gasteiger partial charge < -0.3 is 14.2 Å². The molecule has 0 rings (SSSR count). The van der Waals surface area contributed by atoms with Gasteiger partial charge in [-0.1, -0.05) is 165 Å². The Bertz CT molecular complexity index is 1020. The Balaban J connectivity index is 4.48. The molecule has 0 aromatic rings. The molecule has 0 radical (unpaired) electrons. The number of carbonyl (C=O) groups is 3. The Kier molecular flexibility index (Phi) is 41.5. The number of ether oxygens (including phenoxy) is 3. The van der Waals surface area contributed by atoms with Crippen molar-refractivity contribution in [2.75, 3.05) is 13.2 Å². The van der Waals surface area contributed by atoms with Crippen LogP contribution in [0, 0.1) is 0 Å². The molecule has 0 fully saturated rings. The van der Waals surface area contributed by atoms with Crippen molar-refractivity contribution in [3.05, 3.63) is 60.8 Å². The molecule has 0 aliphatic carbocycles. The van der Waals surface area contributed by atoms with Crippen LogP contribution in [0.25, 0.3) is 0 Å². The Hall–Kier alpha value is -2.89. The van der Waals surface area contributed by atoms with E-state index in [0.29, 0.717) is 19.3 Å². The minimum Gasteiger partial charge on any atom is -0.462 e. The number of allylic oxidation sites excluding steroid dienone is 10. The summed E-state index contributed by atoms with van der Waals surface area (Å²) in [4.78, 5) is 37.7. The lowest BCUT2D eigenvalue weighted by atomic mass is 10.1. The second-order valence-electron chi connectivity index (χ2n) is 14.9. The van der Waals surface area contributed by atoms with E-state index in [1.807, 2.05) is 6.08 Å². The molecule has 6 heteroatoms. The number of rotatable bonds is 40. The van der Waals surface area contributed by atoms with Crippen LogP contribution >= 0.6 is 0 Å². The van der Waals surface area contributed by atoms with Crippen molar-refractivity contribution in [1.82, 2.24) is 0 Å². The summed E-state index contributed by atoms with van der Waals surface area (Å²) in [6, 6.07) is 0. The topological polar surface area (TPSA) is 78.9 Å². The lowest BCUT2D eigenvalue weighted by molar-refractivity contribution is -0.166. The van der Waals surface area contributed by atoms with E-state index in [1.54, 1.807) is 0 Å². The van der Waals surface area contributed by atoms with E-state index in [-0.39, 0.29) is 37.5 Å². The predicted molar refractivity (Wildman–Crippen MR) is 233 cm³/mol. The number of unbranched alkanes of at least 4 members (excludes halogenated alkanes) is 19. The van der Waals surface area contributed by atoms with Crippen LogP contribution in [0.15, 0.2) is 60.8 Å². The van der Waals surface area contributed by atoms with Crippen LogP contribution in [0.4, 0.5) is 0 Å². The molecule has 0 aromatic carbocycles. The van der Waals surface area contributed by atoms with Crippen LogP contribution < -0.4 is 0 Å². The minimum absolute atomic E-state index is 0.102. The molecule has 0 saturated carbocycles. The maximum Gasteiger partial charge on any atom is 0.306 e. The van der Waals surface area contributed by atoms with Crippen molar-refractivity contribution in [2.45, 2.75) is 219 Å². The van der Waals surface area contributed by atoms with Gasteiger partial charge in [0.25, 0.3) is 0 Å². The van der Waals surface area contributed by atoms with E-state index >= 15 is 0 Å². The van der Waals surface area contributed by atoms with Crippen LogP contribution in [0.2, 0.25) is 0 Å². The first-order valence-corrected chi connectivity index (χ1v) is 22.8. The van der Waals surface area contributed by atoms with Gasteiger partial charge in [0, 0.05) is 19.3 Å². The molecular formula is C49H84O6. The molecule has 0 N–H and O–H groups in total. The third kappa shape index (κ3) is 42.1. The summed E-state index contributed by atoms with van der Waals surface area (Å²) < 4.78 is 16.6. The monoisotopic (exact) mass is 769 g/mol.